The van der Waals surface area contributed by atoms with Gasteiger partial charge in [0.25, 0.3) is 5.91 Å². The van der Waals surface area contributed by atoms with Crippen LogP contribution in [0.4, 0.5) is 35.2 Å². The molecule has 2 atom stereocenters. The van der Waals surface area contributed by atoms with E-state index in [9.17, 15) is 27.6 Å². The van der Waals surface area contributed by atoms with Crippen LogP contribution in [-0.4, -0.2) is 84.3 Å². The lowest BCUT2D eigenvalue weighted by Gasteiger charge is -2.31. The van der Waals surface area contributed by atoms with Crippen molar-refractivity contribution in [2.24, 2.45) is 5.92 Å². The van der Waals surface area contributed by atoms with Gasteiger partial charge in [-0.2, -0.15) is 0 Å². The Balaban J connectivity index is 1.34. The van der Waals surface area contributed by atoms with E-state index < -0.39 is 29.6 Å². The highest BCUT2D eigenvalue weighted by Gasteiger charge is 2.70. The Morgan fingerprint density at radius 2 is 1.76 bits per heavy atom. The quantitative estimate of drug-likeness (QED) is 0.572. The van der Waals surface area contributed by atoms with Gasteiger partial charge in [0.2, 0.25) is 5.91 Å². The number of nitrogens with one attached hydrogen (secondary N) is 1. The summed E-state index contributed by atoms with van der Waals surface area (Å²) in [5, 5.41) is 2.77. The van der Waals surface area contributed by atoms with Crippen molar-refractivity contribution >= 4 is 35.0 Å². The number of hydrogen-bond donors (Lipinski definition) is 1. The molecule has 0 radical (unpaired) electrons. The number of benzene rings is 1. The topological polar surface area (TPSA) is 98.3 Å². The fraction of sp³-hybridized carbons (Fsp3) is 0.440. The molecule has 202 valence electrons. The number of ether oxygens (including phenoxy) is 1. The third kappa shape index (κ3) is 4.90. The number of likely N-dealkylation sites (N-methyl/N-ethyl adjacent to an activating group) is 1. The van der Waals surface area contributed by atoms with E-state index in [2.05, 4.69) is 19.9 Å². The molecule has 3 aliphatic rings. The maximum atomic E-state index is 13.6. The predicted octanol–water partition coefficient (Wildman–Crippen LogP) is 2.92. The van der Waals surface area contributed by atoms with Gasteiger partial charge in [0.05, 0.1) is 17.9 Å². The van der Waals surface area contributed by atoms with Crippen LogP contribution in [0.2, 0.25) is 0 Å². The molecular formula is C25H27F3N6O4. The fourth-order valence-electron chi connectivity index (χ4n) is 5.05. The molecule has 4 amide bonds. The summed E-state index contributed by atoms with van der Waals surface area (Å²) in [6.07, 6.45) is -2.98. The smallest absolute Gasteiger partial charge is 0.406 e. The Kier molecular flexibility index (Phi) is 6.51. The van der Waals surface area contributed by atoms with E-state index in [0.29, 0.717) is 12.1 Å². The fourth-order valence-corrected chi connectivity index (χ4v) is 5.05. The average Bonchev–Trinajstić information content (AvgIpc) is 3.46. The molecule has 1 spiro atoms. The molecule has 0 bridgehead atoms. The molecule has 1 aromatic heterocycles. The van der Waals surface area contributed by atoms with Crippen LogP contribution in [0.15, 0.2) is 42.6 Å². The van der Waals surface area contributed by atoms with Gasteiger partial charge in [-0.05, 0) is 49.7 Å². The van der Waals surface area contributed by atoms with Crippen molar-refractivity contribution in [3.8, 4) is 5.75 Å². The van der Waals surface area contributed by atoms with Gasteiger partial charge in [0, 0.05) is 38.4 Å². The maximum Gasteiger partial charge on any atom is 0.573 e. The third-order valence-electron chi connectivity index (χ3n) is 7.19. The van der Waals surface area contributed by atoms with E-state index in [1.165, 1.54) is 23.2 Å². The number of alkyl halides is 3. The molecule has 2 unspecified atom stereocenters. The molecular weight excluding hydrogens is 505 g/mol. The van der Waals surface area contributed by atoms with E-state index >= 15 is 0 Å². The molecule has 3 fully saturated rings. The number of piperazine rings is 1. The minimum Gasteiger partial charge on any atom is -0.406 e. The van der Waals surface area contributed by atoms with Crippen LogP contribution in [0.25, 0.3) is 0 Å². The standard InChI is InChI=1S/C25H27F3N6O4/c1-16-14-24(16)22(36)33(17-3-5-19(6-4-17)38-25(26,27)28)23(37)34(24)18-7-8-29-20(13-18)30-21(35)15-32-11-9-31(2)10-12-32/h3-8,13,16H,9-12,14-15H2,1-2H3,(H,29,30,35). The van der Waals surface area contributed by atoms with E-state index in [-0.39, 0.29) is 29.9 Å². The zero-order chi connectivity index (χ0) is 27.2. The first kappa shape index (κ1) is 25.9. The number of carbonyl (C=O) groups excluding carboxylic acids is 3. The third-order valence-corrected chi connectivity index (χ3v) is 7.19. The highest BCUT2D eigenvalue weighted by atomic mass is 19.4. The van der Waals surface area contributed by atoms with Crippen molar-refractivity contribution < 1.29 is 32.3 Å². The van der Waals surface area contributed by atoms with Crippen LogP contribution in [0.3, 0.4) is 0 Å². The van der Waals surface area contributed by atoms with Crippen molar-refractivity contribution in [1.82, 2.24) is 14.8 Å². The lowest BCUT2D eigenvalue weighted by Crippen LogP contribution is -2.47. The van der Waals surface area contributed by atoms with E-state index in [4.69, 9.17) is 0 Å². The predicted molar refractivity (Wildman–Crippen MR) is 132 cm³/mol. The molecule has 1 aromatic carbocycles. The Labute approximate surface area is 216 Å². The molecule has 1 N–H and O–H groups in total. The average molecular weight is 533 g/mol. The number of hydrogen-bond acceptors (Lipinski definition) is 7. The molecule has 5 rings (SSSR count). The number of carbonyl (C=O) groups is 3. The zero-order valence-electron chi connectivity index (χ0n) is 20.9. The summed E-state index contributed by atoms with van der Waals surface area (Å²) in [6, 6.07) is 7.06. The van der Waals surface area contributed by atoms with Crippen molar-refractivity contribution in [3.05, 3.63) is 42.6 Å². The first-order chi connectivity index (χ1) is 18.0. The Morgan fingerprint density at radius 3 is 2.37 bits per heavy atom. The summed E-state index contributed by atoms with van der Waals surface area (Å²) in [6.45, 7) is 5.37. The number of pyridine rings is 1. The van der Waals surface area contributed by atoms with Crippen LogP contribution >= 0.6 is 0 Å². The van der Waals surface area contributed by atoms with Crippen LogP contribution in [-0.2, 0) is 9.59 Å². The van der Waals surface area contributed by atoms with Crippen LogP contribution in [0, 0.1) is 5.92 Å². The van der Waals surface area contributed by atoms with Crippen molar-refractivity contribution in [1.29, 1.82) is 0 Å². The summed E-state index contributed by atoms with van der Waals surface area (Å²) in [7, 11) is 2.03. The van der Waals surface area contributed by atoms with Gasteiger partial charge in [0.15, 0.2) is 0 Å². The number of halogens is 3. The number of aromatic nitrogens is 1. The van der Waals surface area contributed by atoms with Gasteiger partial charge in [-0.25, -0.2) is 14.7 Å². The Bertz CT molecular complexity index is 1250. The molecule has 38 heavy (non-hydrogen) atoms. The molecule has 10 nitrogen and oxygen atoms in total. The molecule has 1 aliphatic carbocycles. The Hall–Kier alpha value is -3.71. The van der Waals surface area contributed by atoms with Gasteiger partial charge >= 0.3 is 12.4 Å². The second kappa shape index (κ2) is 9.55. The summed E-state index contributed by atoms with van der Waals surface area (Å²) >= 11 is 0. The first-order valence-corrected chi connectivity index (χ1v) is 12.2. The second-order valence-electron chi connectivity index (χ2n) is 9.86. The number of nitrogens with zero attached hydrogens (tertiary/aromatic N) is 5. The Morgan fingerprint density at radius 1 is 1.11 bits per heavy atom. The van der Waals surface area contributed by atoms with E-state index in [1.807, 2.05) is 18.9 Å². The molecule has 2 aliphatic heterocycles. The lowest BCUT2D eigenvalue weighted by molar-refractivity contribution is -0.274. The molecule has 3 heterocycles. The maximum absolute atomic E-state index is 13.6. The van der Waals surface area contributed by atoms with E-state index in [0.717, 1.165) is 43.2 Å². The molecule has 1 saturated carbocycles. The normalized spacial score (nSPS) is 24.3. The summed E-state index contributed by atoms with van der Waals surface area (Å²) in [5.74, 6) is -1.05. The van der Waals surface area contributed by atoms with Gasteiger partial charge in [-0.1, -0.05) is 6.92 Å². The minimum atomic E-state index is -4.86. The van der Waals surface area contributed by atoms with Crippen LogP contribution in [0.5, 0.6) is 5.75 Å². The van der Waals surface area contributed by atoms with Crippen molar-refractivity contribution in [2.45, 2.75) is 25.2 Å². The van der Waals surface area contributed by atoms with E-state index in [1.54, 1.807) is 12.1 Å². The van der Waals surface area contributed by atoms with Gasteiger partial charge in [-0.3, -0.25) is 19.4 Å². The van der Waals surface area contributed by atoms with Crippen LogP contribution in [0.1, 0.15) is 13.3 Å². The number of urea groups is 1. The van der Waals surface area contributed by atoms with Crippen molar-refractivity contribution in [2.75, 3.05) is 54.9 Å². The number of anilines is 3. The largest absolute Gasteiger partial charge is 0.573 e. The highest BCUT2D eigenvalue weighted by Crippen LogP contribution is 2.55. The summed E-state index contributed by atoms with van der Waals surface area (Å²) in [4.78, 5) is 50.4. The SMILES string of the molecule is CC1CC12C(=O)N(c1ccc(OC(F)(F)F)cc1)C(=O)N2c1ccnc(NC(=O)CN2CCN(C)CC2)c1. The minimum absolute atomic E-state index is 0.130. The summed E-state index contributed by atoms with van der Waals surface area (Å²) < 4.78 is 41.4. The lowest BCUT2D eigenvalue weighted by atomic mass is 10.1. The number of rotatable bonds is 6. The first-order valence-electron chi connectivity index (χ1n) is 12.2. The van der Waals surface area contributed by atoms with Gasteiger partial charge in [-0.15, -0.1) is 13.2 Å². The van der Waals surface area contributed by atoms with Crippen molar-refractivity contribution in [3.63, 3.8) is 0 Å². The second-order valence-corrected chi connectivity index (χ2v) is 9.86. The molecule has 13 heteroatoms. The number of imide groups is 1. The monoisotopic (exact) mass is 532 g/mol. The highest BCUT2D eigenvalue weighted by molar-refractivity contribution is 6.32. The zero-order valence-corrected chi connectivity index (χ0v) is 20.9. The summed E-state index contributed by atoms with van der Waals surface area (Å²) in [5.41, 5.74) is -0.594. The van der Waals surface area contributed by atoms with Gasteiger partial charge in [0.1, 0.15) is 17.1 Å². The van der Waals surface area contributed by atoms with Crippen LogP contribution < -0.4 is 19.9 Å². The van der Waals surface area contributed by atoms with Gasteiger partial charge < -0.3 is 15.0 Å². The molecule has 2 aromatic rings. The number of amides is 4. The molecule has 2 saturated heterocycles.